The number of nitrogens with zero attached hydrogens (tertiary/aromatic N) is 4. The monoisotopic (exact) mass is 380 g/mol. The molecule has 0 bridgehead atoms. The van der Waals surface area contributed by atoms with Crippen LogP contribution in [0.15, 0.2) is 42.7 Å². The molecule has 28 heavy (non-hydrogen) atoms. The first-order chi connectivity index (χ1) is 13.3. The van der Waals surface area contributed by atoms with Crippen LogP contribution in [0.2, 0.25) is 0 Å². The number of rotatable bonds is 2. The number of pyridine rings is 1. The standard InChI is InChI=1S/C21H24N4O3/c1-21(2,3)28-20(27)24-11-9-15(13-24)25-18-8-10-22-12-17(18)19(23-25)14-4-6-16(26)7-5-14/h4-8,10,12,15,26H,9,11,13H2,1-3H3. The van der Waals surface area contributed by atoms with Gasteiger partial charge in [-0.2, -0.15) is 5.10 Å². The summed E-state index contributed by atoms with van der Waals surface area (Å²) in [6.45, 7) is 6.81. The fraction of sp³-hybridized carbons (Fsp3) is 0.381. The van der Waals surface area contributed by atoms with Gasteiger partial charge in [-0.15, -0.1) is 0 Å². The average Bonchev–Trinajstić information content (AvgIpc) is 3.26. The number of phenolic OH excluding ortho intramolecular Hbond substituents is 1. The molecule has 0 spiro atoms. The second kappa shape index (κ2) is 6.82. The summed E-state index contributed by atoms with van der Waals surface area (Å²) in [4.78, 5) is 18.4. The molecule has 0 saturated carbocycles. The Morgan fingerprint density at radius 3 is 2.68 bits per heavy atom. The van der Waals surface area contributed by atoms with Crippen molar-refractivity contribution in [2.75, 3.05) is 13.1 Å². The third-order valence-electron chi connectivity index (χ3n) is 4.81. The minimum absolute atomic E-state index is 0.0725. The van der Waals surface area contributed by atoms with Gasteiger partial charge in [0, 0.05) is 36.4 Å². The van der Waals surface area contributed by atoms with Crippen molar-refractivity contribution in [2.45, 2.75) is 38.8 Å². The average molecular weight is 380 g/mol. The number of aromatic nitrogens is 3. The predicted octanol–water partition coefficient (Wildman–Crippen LogP) is 3.99. The van der Waals surface area contributed by atoms with Gasteiger partial charge in [0.15, 0.2) is 0 Å². The second-order valence-electron chi connectivity index (χ2n) is 8.10. The van der Waals surface area contributed by atoms with Gasteiger partial charge in [0.2, 0.25) is 0 Å². The highest BCUT2D eigenvalue weighted by molar-refractivity contribution is 5.92. The van der Waals surface area contributed by atoms with Crippen molar-refractivity contribution in [1.82, 2.24) is 19.7 Å². The van der Waals surface area contributed by atoms with Crippen LogP contribution in [0.1, 0.15) is 33.2 Å². The molecule has 2 aromatic heterocycles. The molecule has 0 aliphatic carbocycles. The minimum atomic E-state index is -0.509. The summed E-state index contributed by atoms with van der Waals surface area (Å²) in [5, 5.41) is 15.4. The molecule has 1 fully saturated rings. The summed E-state index contributed by atoms with van der Waals surface area (Å²) in [7, 11) is 0. The highest BCUT2D eigenvalue weighted by Crippen LogP contribution is 2.33. The molecule has 7 nitrogen and oxygen atoms in total. The zero-order chi connectivity index (χ0) is 19.9. The molecular weight excluding hydrogens is 356 g/mol. The van der Waals surface area contributed by atoms with Gasteiger partial charge in [-0.1, -0.05) is 0 Å². The molecule has 1 saturated heterocycles. The van der Waals surface area contributed by atoms with Crippen molar-refractivity contribution in [2.24, 2.45) is 0 Å². The maximum Gasteiger partial charge on any atom is 0.410 e. The van der Waals surface area contributed by atoms with Crippen molar-refractivity contribution < 1.29 is 14.6 Å². The molecule has 1 aromatic carbocycles. The maximum atomic E-state index is 12.4. The van der Waals surface area contributed by atoms with E-state index in [0.717, 1.165) is 28.6 Å². The van der Waals surface area contributed by atoms with Crippen molar-refractivity contribution in [1.29, 1.82) is 0 Å². The van der Waals surface area contributed by atoms with E-state index in [1.807, 2.05) is 49.8 Å². The van der Waals surface area contributed by atoms with Gasteiger partial charge in [-0.3, -0.25) is 9.67 Å². The van der Waals surface area contributed by atoms with E-state index in [9.17, 15) is 9.90 Å². The molecule has 1 amide bonds. The number of carbonyl (C=O) groups is 1. The second-order valence-corrected chi connectivity index (χ2v) is 8.10. The van der Waals surface area contributed by atoms with E-state index in [4.69, 9.17) is 9.84 Å². The van der Waals surface area contributed by atoms with Crippen LogP contribution in [0.5, 0.6) is 5.75 Å². The van der Waals surface area contributed by atoms with E-state index in [2.05, 4.69) is 4.98 Å². The summed E-state index contributed by atoms with van der Waals surface area (Å²) in [5.41, 5.74) is 2.20. The molecule has 1 aliphatic rings. The molecule has 3 aromatic rings. The summed E-state index contributed by atoms with van der Waals surface area (Å²) >= 11 is 0. The summed E-state index contributed by atoms with van der Waals surface area (Å²) < 4.78 is 7.49. The number of benzene rings is 1. The predicted molar refractivity (Wildman–Crippen MR) is 106 cm³/mol. The number of phenols is 1. The van der Waals surface area contributed by atoms with E-state index in [1.165, 1.54) is 0 Å². The van der Waals surface area contributed by atoms with Crippen molar-refractivity contribution in [3.63, 3.8) is 0 Å². The minimum Gasteiger partial charge on any atom is -0.508 e. The van der Waals surface area contributed by atoms with E-state index in [1.54, 1.807) is 23.2 Å². The van der Waals surface area contributed by atoms with E-state index >= 15 is 0 Å². The van der Waals surface area contributed by atoms with Gasteiger partial charge in [-0.05, 0) is 57.5 Å². The third kappa shape index (κ3) is 3.52. The van der Waals surface area contributed by atoms with Gasteiger partial charge < -0.3 is 14.7 Å². The Hall–Kier alpha value is -3.09. The fourth-order valence-electron chi connectivity index (χ4n) is 3.53. The Morgan fingerprint density at radius 2 is 1.96 bits per heavy atom. The lowest BCUT2D eigenvalue weighted by Crippen LogP contribution is -2.35. The Bertz CT molecular complexity index is 1000. The molecule has 0 radical (unpaired) electrons. The summed E-state index contributed by atoms with van der Waals surface area (Å²) in [6.07, 6.45) is 4.09. The van der Waals surface area contributed by atoms with Crippen LogP contribution >= 0.6 is 0 Å². The zero-order valence-corrected chi connectivity index (χ0v) is 16.3. The Morgan fingerprint density at radius 1 is 1.21 bits per heavy atom. The summed E-state index contributed by atoms with van der Waals surface area (Å²) in [5.74, 6) is 0.217. The number of fused-ring (bicyclic) bond motifs is 1. The summed E-state index contributed by atoms with van der Waals surface area (Å²) in [6, 6.07) is 9.00. The zero-order valence-electron chi connectivity index (χ0n) is 16.3. The molecule has 1 unspecified atom stereocenters. The van der Waals surface area contributed by atoms with Gasteiger partial charge in [0.25, 0.3) is 0 Å². The highest BCUT2D eigenvalue weighted by atomic mass is 16.6. The Kier molecular flexibility index (Phi) is 4.45. The van der Waals surface area contributed by atoms with Crippen molar-refractivity contribution >= 4 is 17.0 Å². The normalized spacial score (nSPS) is 17.2. The number of amides is 1. The molecule has 4 rings (SSSR count). The molecule has 7 heteroatoms. The van der Waals surface area contributed by atoms with E-state index in [-0.39, 0.29) is 17.9 Å². The number of carbonyl (C=O) groups excluding carboxylic acids is 1. The number of hydrogen-bond acceptors (Lipinski definition) is 5. The first-order valence-electron chi connectivity index (χ1n) is 9.41. The van der Waals surface area contributed by atoms with Crippen LogP contribution in [0, 0.1) is 0 Å². The third-order valence-corrected chi connectivity index (χ3v) is 4.81. The Labute approximate surface area is 163 Å². The topological polar surface area (TPSA) is 80.5 Å². The molecule has 1 aliphatic heterocycles. The lowest BCUT2D eigenvalue weighted by atomic mass is 10.1. The lowest BCUT2D eigenvalue weighted by molar-refractivity contribution is 0.0288. The molecule has 1 N–H and O–H groups in total. The highest BCUT2D eigenvalue weighted by Gasteiger charge is 2.32. The van der Waals surface area contributed by atoms with Crippen LogP contribution in [0.25, 0.3) is 22.2 Å². The van der Waals surface area contributed by atoms with Crippen LogP contribution in [-0.2, 0) is 4.74 Å². The van der Waals surface area contributed by atoms with Gasteiger partial charge >= 0.3 is 6.09 Å². The number of hydrogen-bond donors (Lipinski definition) is 1. The SMILES string of the molecule is CC(C)(C)OC(=O)N1CCC(n2nc(-c3ccc(O)cc3)c3cnccc32)C1. The van der Waals surface area contributed by atoms with Crippen molar-refractivity contribution in [3.05, 3.63) is 42.7 Å². The fourth-order valence-corrected chi connectivity index (χ4v) is 3.53. The van der Waals surface area contributed by atoms with Crippen LogP contribution in [0.4, 0.5) is 4.79 Å². The quantitative estimate of drug-likeness (QED) is 0.727. The molecular formula is C21H24N4O3. The van der Waals surface area contributed by atoms with Crippen LogP contribution in [-0.4, -0.2) is 49.6 Å². The number of likely N-dealkylation sites (tertiary alicyclic amines) is 1. The largest absolute Gasteiger partial charge is 0.508 e. The smallest absolute Gasteiger partial charge is 0.410 e. The van der Waals surface area contributed by atoms with Crippen LogP contribution in [0.3, 0.4) is 0 Å². The first-order valence-corrected chi connectivity index (χ1v) is 9.41. The van der Waals surface area contributed by atoms with E-state index < -0.39 is 5.60 Å². The molecule has 3 heterocycles. The molecule has 146 valence electrons. The van der Waals surface area contributed by atoms with Gasteiger partial charge in [0.05, 0.1) is 11.6 Å². The first kappa shape index (κ1) is 18.3. The van der Waals surface area contributed by atoms with Crippen molar-refractivity contribution in [3.8, 4) is 17.0 Å². The molecule has 1 atom stereocenters. The van der Waals surface area contributed by atoms with Gasteiger partial charge in [-0.25, -0.2) is 4.79 Å². The number of ether oxygens (including phenoxy) is 1. The van der Waals surface area contributed by atoms with E-state index in [0.29, 0.717) is 13.1 Å². The lowest BCUT2D eigenvalue weighted by Gasteiger charge is -2.24. The van der Waals surface area contributed by atoms with Gasteiger partial charge in [0.1, 0.15) is 17.0 Å². The number of aromatic hydroxyl groups is 1. The van der Waals surface area contributed by atoms with Crippen LogP contribution < -0.4 is 0 Å². The Balaban J connectivity index is 1.65. The maximum absolute atomic E-state index is 12.4.